The van der Waals surface area contributed by atoms with Gasteiger partial charge >= 0.3 is 0 Å². The van der Waals surface area contributed by atoms with Crippen molar-refractivity contribution in [3.05, 3.63) is 77.8 Å². The summed E-state index contributed by atoms with van der Waals surface area (Å²) in [7, 11) is 0. The fourth-order valence-corrected chi connectivity index (χ4v) is 3.32. The van der Waals surface area contributed by atoms with E-state index in [9.17, 15) is 9.18 Å². The number of anilines is 1. The predicted octanol–water partition coefficient (Wildman–Crippen LogP) is 4.86. The number of thiophene rings is 1. The normalized spacial score (nSPS) is 10.7. The number of hydrogen-bond donors (Lipinski definition) is 1. The lowest BCUT2D eigenvalue weighted by Crippen LogP contribution is -2.09. The van der Waals surface area contributed by atoms with Gasteiger partial charge in [-0.05, 0) is 54.1 Å². The van der Waals surface area contributed by atoms with Gasteiger partial charge in [-0.2, -0.15) is 0 Å². The molecule has 0 fully saturated rings. The Bertz CT molecular complexity index is 1030. The van der Waals surface area contributed by atoms with Crippen LogP contribution in [0.1, 0.15) is 9.67 Å². The van der Waals surface area contributed by atoms with Crippen LogP contribution in [0.15, 0.2) is 71.5 Å². The largest absolute Gasteiger partial charge is 0.423 e. The van der Waals surface area contributed by atoms with Crippen LogP contribution in [0.4, 0.5) is 10.1 Å². The molecule has 0 unspecified atom stereocenters. The van der Waals surface area contributed by atoms with Crippen LogP contribution >= 0.6 is 11.3 Å². The summed E-state index contributed by atoms with van der Waals surface area (Å²) in [4.78, 5) is 13.9. The highest BCUT2D eigenvalue weighted by Crippen LogP contribution is 2.29. The van der Waals surface area contributed by atoms with Gasteiger partial charge in [-0.15, -0.1) is 21.5 Å². The minimum Gasteiger partial charge on any atom is -0.423 e. The van der Waals surface area contributed by atoms with E-state index in [2.05, 4.69) is 15.5 Å². The molecule has 0 atom stereocenters. The van der Waals surface area contributed by atoms with E-state index >= 15 is 0 Å². The molecule has 2 aromatic heterocycles. The van der Waals surface area contributed by atoms with Gasteiger partial charge in [0, 0.05) is 16.1 Å². The van der Waals surface area contributed by atoms with E-state index in [1.807, 2.05) is 6.07 Å². The monoisotopic (exact) mass is 365 g/mol. The van der Waals surface area contributed by atoms with Crippen LogP contribution in [0.25, 0.3) is 21.9 Å². The van der Waals surface area contributed by atoms with Crippen molar-refractivity contribution in [3.8, 4) is 21.9 Å². The minimum atomic E-state index is -0.285. The molecular formula is C19H12FN3O2S. The summed E-state index contributed by atoms with van der Waals surface area (Å²) in [6.07, 6.45) is 1.26. The number of nitrogens with zero attached hydrogens (tertiary/aromatic N) is 2. The Balaban J connectivity index is 1.47. The number of halogens is 1. The molecular weight excluding hydrogens is 353 g/mol. The first kappa shape index (κ1) is 16.2. The molecule has 4 aromatic rings. The molecule has 0 aliphatic carbocycles. The van der Waals surface area contributed by atoms with Crippen molar-refractivity contribution in [2.45, 2.75) is 0 Å². The molecule has 0 radical (unpaired) electrons. The van der Waals surface area contributed by atoms with Crippen molar-refractivity contribution in [3.63, 3.8) is 0 Å². The van der Waals surface area contributed by atoms with E-state index < -0.39 is 0 Å². The predicted molar refractivity (Wildman–Crippen MR) is 97.4 cm³/mol. The van der Waals surface area contributed by atoms with Gasteiger partial charge < -0.3 is 9.73 Å². The van der Waals surface area contributed by atoms with Gasteiger partial charge in [0.15, 0.2) is 0 Å². The van der Waals surface area contributed by atoms with E-state index in [1.165, 1.54) is 29.9 Å². The van der Waals surface area contributed by atoms with Crippen LogP contribution < -0.4 is 5.32 Å². The SMILES string of the molecule is O=C(Nc1ccc(-c2nnco2)cc1)c1ccc(-c2ccc(F)cc2)s1. The van der Waals surface area contributed by atoms with E-state index in [4.69, 9.17) is 4.42 Å². The van der Waals surface area contributed by atoms with Gasteiger partial charge in [0.2, 0.25) is 12.3 Å². The first-order valence-corrected chi connectivity index (χ1v) is 8.54. The highest BCUT2D eigenvalue weighted by molar-refractivity contribution is 7.17. The molecule has 1 amide bonds. The smallest absolute Gasteiger partial charge is 0.265 e. The van der Waals surface area contributed by atoms with Crippen molar-refractivity contribution in [1.82, 2.24) is 10.2 Å². The maximum atomic E-state index is 13.0. The zero-order valence-corrected chi connectivity index (χ0v) is 14.2. The lowest BCUT2D eigenvalue weighted by Gasteiger charge is -2.04. The highest BCUT2D eigenvalue weighted by atomic mass is 32.1. The van der Waals surface area contributed by atoms with Gasteiger partial charge in [0.25, 0.3) is 5.91 Å². The summed E-state index contributed by atoms with van der Waals surface area (Å²) >= 11 is 1.35. The first-order valence-electron chi connectivity index (χ1n) is 7.73. The van der Waals surface area contributed by atoms with Crippen molar-refractivity contribution < 1.29 is 13.6 Å². The van der Waals surface area contributed by atoms with Gasteiger partial charge in [-0.3, -0.25) is 4.79 Å². The zero-order valence-electron chi connectivity index (χ0n) is 13.3. The molecule has 26 heavy (non-hydrogen) atoms. The number of nitrogens with one attached hydrogen (secondary N) is 1. The molecule has 0 aliphatic heterocycles. The van der Waals surface area contributed by atoms with Gasteiger partial charge in [0.1, 0.15) is 5.82 Å². The van der Waals surface area contributed by atoms with Gasteiger partial charge in [-0.25, -0.2) is 4.39 Å². The fraction of sp³-hybridized carbons (Fsp3) is 0. The lowest BCUT2D eigenvalue weighted by molar-refractivity contribution is 0.103. The molecule has 7 heteroatoms. The summed E-state index contributed by atoms with van der Waals surface area (Å²) in [5, 5.41) is 10.3. The molecule has 4 rings (SSSR count). The quantitative estimate of drug-likeness (QED) is 0.561. The van der Waals surface area contributed by atoms with E-state index in [1.54, 1.807) is 42.5 Å². The molecule has 0 aliphatic rings. The Kier molecular flexibility index (Phi) is 4.28. The van der Waals surface area contributed by atoms with Crippen molar-refractivity contribution in [1.29, 1.82) is 0 Å². The van der Waals surface area contributed by atoms with Crippen LogP contribution in [0.5, 0.6) is 0 Å². The third-order valence-electron chi connectivity index (χ3n) is 3.71. The molecule has 0 saturated carbocycles. The number of hydrogen-bond acceptors (Lipinski definition) is 5. The summed E-state index contributed by atoms with van der Waals surface area (Å²) in [5.41, 5.74) is 2.31. The van der Waals surface area contributed by atoms with E-state index in [-0.39, 0.29) is 11.7 Å². The van der Waals surface area contributed by atoms with Crippen molar-refractivity contribution in [2.24, 2.45) is 0 Å². The number of aromatic nitrogens is 2. The fourth-order valence-electron chi connectivity index (χ4n) is 2.42. The number of benzene rings is 2. The van der Waals surface area contributed by atoms with Crippen LogP contribution in [0.2, 0.25) is 0 Å². The average Bonchev–Trinajstić information content (AvgIpc) is 3.35. The lowest BCUT2D eigenvalue weighted by atomic mass is 10.2. The summed E-state index contributed by atoms with van der Waals surface area (Å²) in [5.74, 6) is -0.0637. The molecule has 0 spiro atoms. The second-order valence-electron chi connectivity index (χ2n) is 5.45. The van der Waals surface area contributed by atoms with Crippen LogP contribution in [-0.4, -0.2) is 16.1 Å². The third kappa shape index (κ3) is 3.38. The van der Waals surface area contributed by atoms with Crippen LogP contribution in [0.3, 0.4) is 0 Å². The van der Waals surface area contributed by atoms with Gasteiger partial charge in [-0.1, -0.05) is 12.1 Å². The third-order valence-corrected chi connectivity index (χ3v) is 4.84. The molecule has 2 aromatic carbocycles. The molecule has 2 heterocycles. The Labute approximate surface area is 152 Å². The van der Waals surface area contributed by atoms with Crippen LogP contribution in [0, 0.1) is 5.82 Å². The number of rotatable bonds is 4. The number of carbonyl (C=O) groups excluding carboxylic acids is 1. The maximum absolute atomic E-state index is 13.0. The molecule has 0 saturated heterocycles. The topological polar surface area (TPSA) is 68.0 Å². The summed E-state index contributed by atoms with van der Waals surface area (Å²) in [6.45, 7) is 0. The molecule has 0 bridgehead atoms. The van der Waals surface area contributed by atoms with Gasteiger partial charge in [0.05, 0.1) is 4.88 Å². The first-order chi connectivity index (χ1) is 12.7. The zero-order chi connectivity index (χ0) is 17.9. The summed E-state index contributed by atoms with van der Waals surface area (Å²) < 4.78 is 18.2. The average molecular weight is 365 g/mol. The Hall–Kier alpha value is -3.32. The van der Waals surface area contributed by atoms with Crippen molar-refractivity contribution in [2.75, 3.05) is 5.32 Å². The molecule has 1 N–H and O–H groups in total. The standard InChI is InChI=1S/C19H12FN3O2S/c20-14-5-1-12(2-6-14)16-9-10-17(26-16)18(24)22-15-7-3-13(4-8-15)19-23-21-11-25-19/h1-11H,(H,22,24). The Morgan fingerprint density at radius 3 is 2.38 bits per heavy atom. The van der Waals surface area contributed by atoms with E-state index in [0.717, 1.165) is 16.0 Å². The Morgan fingerprint density at radius 2 is 1.69 bits per heavy atom. The van der Waals surface area contributed by atoms with E-state index in [0.29, 0.717) is 16.5 Å². The molecule has 128 valence electrons. The number of amides is 1. The maximum Gasteiger partial charge on any atom is 0.265 e. The van der Waals surface area contributed by atoms with Crippen molar-refractivity contribution >= 4 is 22.9 Å². The second-order valence-corrected chi connectivity index (χ2v) is 6.53. The minimum absolute atomic E-state index is 0.200. The van der Waals surface area contributed by atoms with Crippen LogP contribution in [-0.2, 0) is 0 Å². The molecule has 5 nitrogen and oxygen atoms in total. The summed E-state index contributed by atoms with van der Waals surface area (Å²) in [6, 6.07) is 16.9. The number of carbonyl (C=O) groups is 1. The second kappa shape index (κ2) is 6.89. The highest BCUT2D eigenvalue weighted by Gasteiger charge is 2.11. The Morgan fingerprint density at radius 1 is 0.962 bits per heavy atom.